The minimum atomic E-state index is -0.503. The standard InChI is InChI=1S/C23H32N2O3/c26-23(20-28-19-22-9-5-2-6-10-22)18-25(17-21-7-3-1-4-8-21)12-11-24-13-15-27-16-14-24/h1-10,23,26H,11-20H2. The molecule has 152 valence electrons. The van der Waals surface area contributed by atoms with E-state index < -0.39 is 6.10 Å². The maximum absolute atomic E-state index is 10.5. The van der Waals surface area contributed by atoms with Crippen molar-refractivity contribution in [1.29, 1.82) is 0 Å². The van der Waals surface area contributed by atoms with Crippen molar-refractivity contribution in [3.8, 4) is 0 Å². The van der Waals surface area contributed by atoms with Crippen LogP contribution in [0, 0.1) is 0 Å². The molecular formula is C23H32N2O3. The molecule has 0 saturated carbocycles. The summed E-state index contributed by atoms with van der Waals surface area (Å²) >= 11 is 0. The lowest BCUT2D eigenvalue weighted by Crippen LogP contribution is -2.43. The van der Waals surface area contributed by atoms with Crippen LogP contribution >= 0.6 is 0 Å². The summed E-state index contributed by atoms with van der Waals surface area (Å²) in [5.41, 5.74) is 2.39. The highest BCUT2D eigenvalue weighted by Gasteiger charge is 2.16. The zero-order valence-corrected chi connectivity index (χ0v) is 16.6. The highest BCUT2D eigenvalue weighted by atomic mass is 16.5. The van der Waals surface area contributed by atoms with E-state index in [1.54, 1.807) is 0 Å². The van der Waals surface area contributed by atoms with Crippen LogP contribution in [0.4, 0.5) is 0 Å². The van der Waals surface area contributed by atoms with Crippen LogP contribution in [-0.2, 0) is 22.6 Å². The molecule has 28 heavy (non-hydrogen) atoms. The van der Waals surface area contributed by atoms with Crippen LogP contribution in [0.3, 0.4) is 0 Å². The minimum absolute atomic E-state index is 0.345. The maximum Gasteiger partial charge on any atom is 0.0900 e. The van der Waals surface area contributed by atoms with E-state index in [2.05, 4.69) is 34.1 Å². The van der Waals surface area contributed by atoms with Crippen molar-refractivity contribution in [2.75, 3.05) is 52.5 Å². The Morgan fingerprint density at radius 3 is 2.29 bits per heavy atom. The number of nitrogens with zero attached hydrogens (tertiary/aromatic N) is 2. The average molecular weight is 385 g/mol. The summed E-state index contributed by atoms with van der Waals surface area (Å²) in [6.07, 6.45) is -0.503. The van der Waals surface area contributed by atoms with E-state index in [-0.39, 0.29) is 0 Å². The van der Waals surface area contributed by atoms with Crippen LogP contribution in [0.2, 0.25) is 0 Å². The third kappa shape index (κ3) is 7.70. The van der Waals surface area contributed by atoms with Crippen molar-refractivity contribution in [3.05, 3.63) is 71.8 Å². The number of aliphatic hydroxyl groups excluding tert-OH is 1. The normalized spacial score (nSPS) is 16.4. The van der Waals surface area contributed by atoms with Gasteiger partial charge in [0.05, 0.1) is 32.5 Å². The van der Waals surface area contributed by atoms with Crippen LogP contribution in [0.25, 0.3) is 0 Å². The summed E-state index contributed by atoms with van der Waals surface area (Å²) in [5.74, 6) is 0. The Labute approximate surface area is 168 Å². The van der Waals surface area contributed by atoms with Gasteiger partial charge in [-0.1, -0.05) is 60.7 Å². The Balaban J connectivity index is 1.46. The van der Waals surface area contributed by atoms with Crippen LogP contribution in [0.15, 0.2) is 60.7 Å². The molecule has 0 aromatic heterocycles. The molecule has 1 unspecified atom stereocenters. The first-order valence-corrected chi connectivity index (χ1v) is 10.2. The summed E-state index contributed by atoms with van der Waals surface area (Å²) in [5, 5.41) is 10.5. The van der Waals surface area contributed by atoms with Gasteiger partial charge in [0.25, 0.3) is 0 Å². The molecule has 0 amide bonds. The van der Waals surface area contributed by atoms with Crippen molar-refractivity contribution >= 4 is 0 Å². The first kappa shape index (κ1) is 21.0. The van der Waals surface area contributed by atoms with E-state index in [0.29, 0.717) is 19.8 Å². The zero-order valence-electron chi connectivity index (χ0n) is 16.6. The molecule has 5 heteroatoms. The monoisotopic (exact) mass is 384 g/mol. The summed E-state index contributed by atoms with van der Waals surface area (Å²) in [6.45, 7) is 7.84. The lowest BCUT2D eigenvalue weighted by atomic mass is 10.2. The Bertz CT molecular complexity index is 647. The van der Waals surface area contributed by atoms with Gasteiger partial charge in [0, 0.05) is 39.3 Å². The highest BCUT2D eigenvalue weighted by Crippen LogP contribution is 2.08. The lowest BCUT2D eigenvalue weighted by Gasteiger charge is -2.31. The smallest absolute Gasteiger partial charge is 0.0900 e. The first-order chi connectivity index (χ1) is 13.8. The van der Waals surface area contributed by atoms with E-state index in [1.165, 1.54) is 5.56 Å². The number of morpholine rings is 1. The van der Waals surface area contributed by atoms with Gasteiger partial charge in [-0.25, -0.2) is 0 Å². The lowest BCUT2D eigenvalue weighted by molar-refractivity contribution is 0.00211. The number of aliphatic hydroxyl groups is 1. The van der Waals surface area contributed by atoms with Crippen LogP contribution < -0.4 is 0 Å². The van der Waals surface area contributed by atoms with Crippen LogP contribution in [0.5, 0.6) is 0 Å². The maximum atomic E-state index is 10.5. The molecule has 1 fully saturated rings. The topological polar surface area (TPSA) is 45.2 Å². The molecule has 0 spiro atoms. The number of ether oxygens (including phenoxy) is 2. The minimum Gasteiger partial charge on any atom is -0.389 e. The fourth-order valence-corrected chi connectivity index (χ4v) is 3.42. The molecular weight excluding hydrogens is 352 g/mol. The third-order valence-electron chi connectivity index (χ3n) is 4.98. The second-order valence-electron chi connectivity index (χ2n) is 7.33. The molecule has 1 N–H and O–H groups in total. The first-order valence-electron chi connectivity index (χ1n) is 10.2. The molecule has 0 bridgehead atoms. The summed E-state index contributed by atoms with van der Waals surface area (Å²) in [4.78, 5) is 4.75. The second kappa shape index (κ2) is 11.9. The Kier molecular flexibility index (Phi) is 8.94. The van der Waals surface area contributed by atoms with Crippen LogP contribution in [-0.4, -0.2) is 73.6 Å². The fourth-order valence-electron chi connectivity index (χ4n) is 3.42. The van der Waals surface area contributed by atoms with Gasteiger partial charge in [0.1, 0.15) is 0 Å². The van der Waals surface area contributed by atoms with Gasteiger partial charge in [-0.2, -0.15) is 0 Å². The van der Waals surface area contributed by atoms with Crippen molar-refractivity contribution in [2.45, 2.75) is 19.3 Å². The molecule has 5 nitrogen and oxygen atoms in total. The Morgan fingerprint density at radius 1 is 0.964 bits per heavy atom. The zero-order chi connectivity index (χ0) is 19.4. The number of benzene rings is 2. The van der Waals surface area contributed by atoms with Gasteiger partial charge in [-0.3, -0.25) is 9.80 Å². The Morgan fingerprint density at radius 2 is 1.61 bits per heavy atom. The third-order valence-corrected chi connectivity index (χ3v) is 4.98. The van der Waals surface area contributed by atoms with Gasteiger partial charge >= 0.3 is 0 Å². The number of hydrogen-bond donors (Lipinski definition) is 1. The number of hydrogen-bond acceptors (Lipinski definition) is 5. The van der Waals surface area contributed by atoms with Crippen molar-refractivity contribution < 1.29 is 14.6 Å². The van der Waals surface area contributed by atoms with Crippen LogP contribution in [0.1, 0.15) is 11.1 Å². The van der Waals surface area contributed by atoms with Gasteiger partial charge in [0.15, 0.2) is 0 Å². The van der Waals surface area contributed by atoms with Gasteiger partial charge in [0.2, 0.25) is 0 Å². The fraction of sp³-hybridized carbons (Fsp3) is 0.478. The van der Waals surface area contributed by atoms with Gasteiger partial charge < -0.3 is 14.6 Å². The van der Waals surface area contributed by atoms with Gasteiger partial charge in [-0.15, -0.1) is 0 Å². The van der Waals surface area contributed by atoms with E-state index in [4.69, 9.17) is 9.47 Å². The van der Waals surface area contributed by atoms with E-state index in [9.17, 15) is 5.11 Å². The molecule has 2 aromatic carbocycles. The van der Waals surface area contributed by atoms with E-state index >= 15 is 0 Å². The highest BCUT2D eigenvalue weighted by molar-refractivity contribution is 5.14. The summed E-state index contributed by atoms with van der Waals surface area (Å²) < 4.78 is 11.2. The molecule has 2 aromatic rings. The Hall–Kier alpha value is -1.76. The molecule has 3 rings (SSSR count). The predicted octanol–water partition coefficient (Wildman–Crippen LogP) is 2.40. The molecule has 1 aliphatic rings. The summed E-state index contributed by atoms with van der Waals surface area (Å²) in [6, 6.07) is 20.5. The van der Waals surface area contributed by atoms with Crippen molar-refractivity contribution in [1.82, 2.24) is 9.80 Å². The molecule has 1 heterocycles. The molecule has 1 atom stereocenters. The molecule has 1 aliphatic heterocycles. The largest absolute Gasteiger partial charge is 0.389 e. The number of rotatable bonds is 11. The molecule has 0 radical (unpaired) electrons. The predicted molar refractivity (Wildman–Crippen MR) is 111 cm³/mol. The van der Waals surface area contributed by atoms with Gasteiger partial charge in [-0.05, 0) is 11.1 Å². The van der Waals surface area contributed by atoms with Crippen molar-refractivity contribution in [2.24, 2.45) is 0 Å². The van der Waals surface area contributed by atoms with E-state index in [1.807, 2.05) is 36.4 Å². The SMILES string of the molecule is OC(COCc1ccccc1)CN(CCN1CCOCC1)Cc1ccccc1. The quantitative estimate of drug-likeness (QED) is 0.645. The summed E-state index contributed by atoms with van der Waals surface area (Å²) in [7, 11) is 0. The van der Waals surface area contributed by atoms with E-state index in [0.717, 1.165) is 51.5 Å². The molecule has 0 aliphatic carbocycles. The van der Waals surface area contributed by atoms with Crippen molar-refractivity contribution in [3.63, 3.8) is 0 Å². The average Bonchev–Trinajstić information content (AvgIpc) is 2.74. The second-order valence-corrected chi connectivity index (χ2v) is 7.33. The molecule has 1 saturated heterocycles.